The fourth-order valence-electron chi connectivity index (χ4n) is 2.37. The molecular formula is C19H20Cl2N2O7S. The Labute approximate surface area is 189 Å². The standard InChI is InChI=1S/C19H20Cl2N2O7S/c1-28-16-10-17(29-2)15(9-14(16)21)23-18(24)11-30-19(25)6-7-22-31(26,27)13-5-3-4-12(20)8-13/h3-5,8-10,22H,6-7,11H2,1-2H3,(H,23,24). The van der Waals surface area contributed by atoms with Crippen LogP contribution in [0, 0.1) is 0 Å². The van der Waals surface area contributed by atoms with Crippen LogP contribution in [0.3, 0.4) is 0 Å². The maximum atomic E-state index is 12.2. The Balaban J connectivity index is 1.82. The van der Waals surface area contributed by atoms with Crippen molar-refractivity contribution in [1.29, 1.82) is 0 Å². The van der Waals surface area contributed by atoms with Crippen LogP contribution in [0.15, 0.2) is 41.3 Å². The van der Waals surface area contributed by atoms with Gasteiger partial charge < -0.3 is 19.5 Å². The van der Waals surface area contributed by atoms with Gasteiger partial charge in [-0.1, -0.05) is 29.3 Å². The van der Waals surface area contributed by atoms with Gasteiger partial charge in [0, 0.05) is 17.6 Å². The Kier molecular flexibility index (Phi) is 8.93. The van der Waals surface area contributed by atoms with E-state index < -0.39 is 28.5 Å². The Morgan fingerprint density at radius 2 is 1.74 bits per heavy atom. The zero-order valence-electron chi connectivity index (χ0n) is 16.6. The van der Waals surface area contributed by atoms with Gasteiger partial charge in [-0.3, -0.25) is 9.59 Å². The van der Waals surface area contributed by atoms with Gasteiger partial charge in [0.15, 0.2) is 6.61 Å². The fraction of sp³-hybridized carbons (Fsp3) is 0.263. The van der Waals surface area contributed by atoms with Gasteiger partial charge in [0.1, 0.15) is 11.5 Å². The van der Waals surface area contributed by atoms with E-state index in [0.717, 1.165) is 0 Å². The first-order chi connectivity index (χ1) is 14.7. The van der Waals surface area contributed by atoms with Crippen LogP contribution < -0.4 is 19.5 Å². The number of halogens is 2. The van der Waals surface area contributed by atoms with E-state index in [9.17, 15) is 18.0 Å². The van der Waals surface area contributed by atoms with Crippen molar-refractivity contribution in [3.8, 4) is 11.5 Å². The minimum atomic E-state index is -3.83. The summed E-state index contributed by atoms with van der Waals surface area (Å²) in [6.45, 7) is -0.788. The molecule has 0 saturated carbocycles. The summed E-state index contributed by atoms with van der Waals surface area (Å²) in [6.07, 6.45) is -0.273. The van der Waals surface area contributed by atoms with Crippen molar-refractivity contribution in [1.82, 2.24) is 4.72 Å². The van der Waals surface area contributed by atoms with Crippen LogP contribution in [-0.2, 0) is 24.3 Å². The highest BCUT2D eigenvalue weighted by molar-refractivity contribution is 7.89. The molecule has 2 aromatic carbocycles. The molecule has 0 bridgehead atoms. The van der Waals surface area contributed by atoms with Gasteiger partial charge in [-0.25, -0.2) is 13.1 Å². The highest BCUT2D eigenvalue weighted by Crippen LogP contribution is 2.35. The van der Waals surface area contributed by atoms with Crippen molar-refractivity contribution in [2.24, 2.45) is 0 Å². The van der Waals surface area contributed by atoms with Crippen LogP contribution >= 0.6 is 23.2 Å². The minimum Gasteiger partial charge on any atom is -0.495 e. The summed E-state index contributed by atoms with van der Waals surface area (Å²) in [5.41, 5.74) is 0.267. The molecule has 168 valence electrons. The number of carbonyl (C=O) groups is 2. The van der Waals surface area contributed by atoms with Crippen molar-refractivity contribution < 1.29 is 32.2 Å². The van der Waals surface area contributed by atoms with E-state index in [1.165, 1.54) is 44.6 Å². The van der Waals surface area contributed by atoms with Gasteiger partial charge in [0.2, 0.25) is 10.0 Å². The molecule has 12 heteroatoms. The first-order valence-electron chi connectivity index (χ1n) is 8.78. The van der Waals surface area contributed by atoms with Gasteiger partial charge >= 0.3 is 5.97 Å². The molecular weight excluding hydrogens is 471 g/mol. The lowest BCUT2D eigenvalue weighted by Crippen LogP contribution is -2.28. The summed E-state index contributed by atoms with van der Waals surface area (Å²) in [4.78, 5) is 23.8. The Bertz CT molecular complexity index is 1060. The predicted molar refractivity (Wildman–Crippen MR) is 115 cm³/mol. The molecule has 9 nitrogen and oxygen atoms in total. The number of hydrogen-bond donors (Lipinski definition) is 2. The first kappa shape index (κ1) is 24.7. The number of methoxy groups -OCH3 is 2. The lowest BCUT2D eigenvalue weighted by Gasteiger charge is -2.13. The van der Waals surface area contributed by atoms with E-state index in [1.54, 1.807) is 6.07 Å². The Hall–Kier alpha value is -2.53. The largest absolute Gasteiger partial charge is 0.495 e. The molecule has 0 aliphatic heterocycles. The monoisotopic (exact) mass is 490 g/mol. The number of ether oxygens (including phenoxy) is 3. The maximum Gasteiger partial charge on any atom is 0.307 e. The summed E-state index contributed by atoms with van der Waals surface area (Å²) in [5, 5.41) is 3.03. The third-order valence-electron chi connectivity index (χ3n) is 3.84. The first-order valence-corrected chi connectivity index (χ1v) is 11.0. The van der Waals surface area contributed by atoms with Crippen molar-refractivity contribution in [3.63, 3.8) is 0 Å². The predicted octanol–water partition coefficient (Wildman–Crippen LogP) is 2.86. The molecule has 0 aromatic heterocycles. The number of anilines is 1. The molecule has 0 heterocycles. The highest BCUT2D eigenvalue weighted by atomic mass is 35.5. The molecule has 0 fully saturated rings. The molecule has 2 N–H and O–H groups in total. The number of amides is 1. The van der Waals surface area contributed by atoms with Crippen LogP contribution in [0.1, 0.15) is 6.42 Å². The molecule has 2 aromatic rings. The normalized spacial score (nSPS) is 11.0. The molecule has 0 aliphatic carbocycles. The lowest BCUT2D eigenvalue weighted by atomic mass is 10.2. The smallest absolute Gasteiger partial charge is 0.307 e. The third-order valence-corrected chi connectivity index (χ3v) is 5.83. The number of benzene rings is 2. The SMILES string of the molecule is COc1cc(OC)c(NC(=O)COC(=O)CCNS(=O)(=O)c2cccc(Cl)c2)cc1Cl. The summed E-state index contributed by atoms with van der Waals surface area (Å²) < 4.78 is 41.7. The number of rotatable bonds is 10. The molecule has 0 unspecified atom stereocenters. The number of carbonyl (C=O) groups excluding carboxylic acids is 2. The highest BCUT2D eigenvalue weighted by Gasteiger charge is 2.16. The zero-order valence-corrected chi connectivity index (χ0v) is 18.9. The quantitative estimate of drug-likeness (QED) is 0.491. The number of esters is 1. The molecule has 0 atom stereocenters. The van der Waals surface area contributed by atoms with E-state index in [2.05, 4.69) is 10.0 Å². The van der Waals surface area contributed by atoms with Gasteiger partial charge in [-0.2, -0.15) is 0 Å². The maximum absolute atomic E-state index is 12.2. The molecule has 2 rings (SSSR count). The number of nitrogens with one attached hydrogen (secondary N) is 2. The van der Waals surface area contributed by atoms with Gasteiger partial charge in [-0.15, -0.1) is 0 Å². The van der Waals surface area contributed by atoms with E-state index in [-0.39, 0.29) is 33.6 Å². The summed E-state index contributed by atoms with van der Waals surface area (Å²) in [5.74, 6) is -0.726. The average Bonchev–Trinajstić information content (AvgIpc) is 2.72. The van der Waals surface area contributed by atoms with Gasteiger partial charge in [-0.05, 0) is 24.3 Å². The van der Waals surface area contributed by atoms with Crippen LogP contribution in [-0.4, -0.2) is 47.7 Å². The van der Waals surface area contributed by atoms with E-state index in [1.807, 2.05) is 0 Å². The molecule has 1 amide bonds. The van der Waals surface area contributed by atoms with E-state index >= 15 is 0 Å². The molecule has 0 radical (unpaired) electrons. The van der Waals surface area contributed by atoms with Crippen molar-refractivity contribution >= 4 is 50.8 Å². The Morgan fingerprint density at radius 3 is 2.39 bits per heavy atom. The second-order valence-electron chi connectivity index (χ2n) is 6.00. The molecule has 0 aliphatic rings. The number of hydrogen-bond acceptors (Lipinski definition) is 7. The van der Waals surface area contributed by atoms with Crippen LogP contribution in [0.5, 0.6) is 11.5 Å². The van der Waals surface area contributed by atoms with Crippen LogP contribution in [0.2, 0.25) is 10.0 Å². The zero-order chi connectivity index (χ0) is 23.0. The minimum absolute atomic E-state index is 0.0279. The van der Waals surface area contributed by atoms with Crippen molar-refractivity contribution in [2.45, 2.75) is 11.3 Å². The fourth-order valence-corrected chi connectivity index (χ4v) is 3.94. The molecule has 31 heavy (non-hydrogen) atoms. The van der Waals surface area contributed by atoms with Gasteiger partial charge in [0.25, 0.3) is 5.91 Å². The van der Waals surface area contributed by atoms with Crippen molar-refractivity contribution in [3.05, 3.63) is 46.4 Å². The van der Waals surface area contributed by atoms with Crippen LogP contribution in [0.4, 0.5) is 5.69 Å². The summed E-state index contributed by atoms with van der Waals surface area (Å²) in [7, 11) is -0.983. The van der Waals surface area contributed by atoms with Crippen molar-refractivity contribution in [2.75, 3.05) is 32.7 Å². The lowest BCUT2D eigenvalue weighted by molar-refractivity contribution is -0.147. The Morgan fingerprint density at radius 1 is 1.03 bits per heavy atom. The average molecular weight is 491 g/mol. The molecule has 0 saturated heterocycles. The third kappa shape index (κ3) is 7.28. The second-order valence-corrected chi connectivity index (χ2v) is 8.61. The summed E-state index contributed by atoms with van der Waals surface area (Å²) >= 11 is 11.8. The van der Waals surface area contributed by atoms with Crippen LogP contribution in [0.25, 0.3) is 0 Å². The van der Waals surface area contributed by atoms with E-state index in [0.29, 0.717) is 11.5 Å². The summed E-state index contributed by atoms with van der Waals surface area (Å²) in [6, 6.07) is 8.62. The molecule has 0 spiro atoms. The van der Waals surface area contributed by atoms with E-state index in [4.69, 9.17) is 37.4 Å². The number of sulfonamides is 1. The van der Waals surface area contributed by atoms with Gasteiger partial charge in [0.05, 0.1) is 36.2 Å². The second kappa shape index (κ2) is 11.2. The topological polar surface area (TPSA) is 120 Å².